The van der Waals surface area contributed by atoms with Crippen molar-refractivity contribution in [1.29, 1.82) is 5.26 Å². The van der Waals surface area contributed by atoms with Gasteiger partial charge in [-0.3, -0.25) is 14.9 Å². The van der Waals surface area contributed by atoms with Crippen LogP contribution in [-0.4, -0.2) is 71.7 Å². The van der Waals surface area contributed by atoms with Gasteiger partial charge in [0.25, 0.3) is 5.69 Å². The number of aliphatic hydroxyl groups is 1. The largest absolute Gasteiger partial charge is 0.491 e. The van der Waals surface area contributed by atoms with Crippen molar-refractivity contribution < 1.29 is 33.8 Å². The molecular formula is C36H41N5O8. The average Bonchev–Trinajstić information content (AvgIpc) is 3.57. The summed E-state index contributed by atoms with van der Waals surface area (Å²) >= 11 is 0. The summed E-state index contributed by atoms with van der Waals surface area (Å²) in [6.45, 7) is 6.31. The number of H-pyrrole nitrogens is 1. The number of benzene rings is 2. The average molecular weight is 672 g/mol. The van der Waals surface area contributed by atoms with Gasteiger partial charge in [0.1, 0.15) is 36.2 Å². The molecule has 2 aromatic carbocycles. The third-order valence-electron chi connectivity index (χ3n) is 8.05. The van der Waals surface area contributed by atoms with Crippen molar-refractivity contribution in [3.8, 4) is 22.9 Å². The van der Waals surface area contributed by atoms with Gasteiger partial charge in [-0.2, -0.15) is 5.26 Å². The minimum Gasteiger partial charge on any atom is -0.491 e. The number of ether oxygens (including phenoxy) is 3. The summed E-state index contributed by atoms with van der Waals surface area (Å²) in [4.78, 5) is 44.7. The quantitative estimate of drug-likeness (QED) is 0.0807. The number of aromatic amines is 1. The van der Waals surface area contributed by atoms with Crippen LogP contribution >= 0.6 is 0 Å². The first-order valence-electron chi connectivity index (χ1n) is 16.0. The number of nitro benzene ring substituents is 1. The van der Waals surface area contributed by atoms with E-state index in [-0.39, 0.29) is 47.5 Å². The number of nitrogens with one attached hydrogen (secondary N) is 2. The fraction of sp³-hybridized carbons (Fsp3) is 0.389. The molecule has 3 atom stereocenters. The number of aliphatic hydroxyl groups excluding tert-OH is 1. The van der Waals surface area contributed by atoms with Crippen LogP contribution in [0.1, 0.15) is 50.8 Å². The van der Waals surface area contributed by atoms with Gasteiger partial charge in [-0.1, -0.05) is 38.1 Å². The lowest BCUT2D eigenvalue weighted by atomic mass is 9.75. The standard InChI is InChI=1S/C36H41N5O8/c1-22(2)38-20-29(42)21-49-30-13-11-24(12-14-30)26-16-27(39-19-26)9-5-6-15-48-36(44)32-23(3)40-31(18-37)34(35(43)47-4)33(32)25-8-7-10-28(17-25)41(45)46/h7-8,10-14,16-17,19,22,29,33-34,38-39,42H,5-6,9,15,20-21H2,1-4H3. The van der Waals surface area contributed by atoms with Gasteiger partial charge in [0.05, 0.1) is 24.2 Å². The maximum atomic E-state index is 13.5. The zero-order valence-corrected chi connectivity index (χ0v) is 28.0. The fourth-order valence-electron chi connectivity index (χ4n) is 5.57. The molecule has 2 heterocycles. The van der Waals surface area contributed by atoms with Crippen molar-refractivity contribution in [2.45, 2.75) is 58.1 Å². The maximum Gasteiger partial charge on any atom is 0.336 e. The smallest absolute Gasteiger partial charge is 0.336 e. The number of nitriles is 1. The number of aryl methyl sites for hydroxylation is 1. The van der Waals surface area contributed by atoms with Gasteiger partial charge >= 0.3 is 11.9 Å². The van der Waals surface area contributed by atoms with Crippen LogP contribution < -0.4 is 10.1 Å². The first kappa shape index (κ1) is 36.5. The molecule has 0 radical (unpaired) electrons. The van der Waals surface area contributed by atoms with Crippen molar-refractivity contribution in [2.24, 2.45) is 10.9 Å². The Morgan fingerprint density at radius 3 is 2.57 bits per heavy atom. The number of carbonyl (C=O) groups excluding carboxylic acids is 2. The van der Waals surface area contributed by atoms with Crippen LogP contribution in [0.2, 0.25) is 0 Å². The first-order chi connectivity index (χ1) is 23.5. The van der Waals surface area contributed by atoms with Gasteiger partial charge < -0.3 is 29.6 Å². The number of unbranched alkanes of at least 4 members (excludes halogenated alkanes) is 1. The second-order valence-electron chi connectivity index (χ2n) is 12.0. The van der Waals surface area contributed by atoms with E-state index in [1.54, 1.807) is 6.07 Å². The fourth-order valence-corrected chi connectivity index (χ4v) is 5.57. The van der Waals surface area contributed by atoms with E-state index in [2.05, 4.69) is 21.4 Å². The van der Waals surface area contributed by atoms with E-state index in [1.165, 1.54) is 25.1 Å². The van der Waals surface area contributed by atoms with Crippen molar-refractivity contribution in [3.05, 3.63) is 93.4 Å². The second kappa shape index (κ2) is 17.2. The molecular weight excluding hydrogens is 630 g/mol. The van der Waals surface area contributed by atoms with E-state index in [1.807, 2.05) is 50.4 Å². The summed E-state index contributed by atoms with van der Waals surface area (Å²) < 4.78 is 16.3. The molecule has 1 aliphatic heterocycles. The summed E-state index contributed by atoms with van der Waals surface area (Å²) in [5.74, 6) is -3.19. The predicted octanol–water partition coefficient (Wildman–Crippen LogP) is 5.02. The topological polar surface area (TPSA) is 189 Å². The van der Waals surface area contributed by atoms with Gasteiger partial charge in [0, 0.05) is 48.2 Å². The zero-order valence-electron chi connectivity index (χ0n) is 28.0. The van der Waals surface area contributed by atoms with Gasteiger partial charge in [-0.15, -0.1) is 0 Å². The van der Waals surface area contributed by atoms with Crippen LogP contribution in [-0.2, 0) is 25.5 Å². The number of aromatic nitrogens is 1. The highest BCUT2D eigenvalue weighted by Gasteiger charge is 2.44. The molecule has 3 N–H and O–H groups in total. The number of esters is 2. The molecule has 0 amide bonds. The number of nitrogens with zero attached hydrogens (tertiary/aromatic N) is 3. The van der Waals surface area contributed by atoms with E-state index in [4.69, 9.17) is 14.2 Å². The summed E-state index contributed by atoms with van der Waals surface area (Å²) in [5, 5.41) is 34.5. The van der Waals surface area contributed by atoms with E-state index in [0.717, 1.165) is 23.9 Å². The Balaban J connectivity index is 1.34. The number of nitro groups is 1. The lowest BCUT2D eigenvalue weighted by Gasteiger charge is -2.30. The van der Waals surface area contributed by atoms with Crippen LogP contribution in [0.5, 0.6) is 5.75 Å². The molecule has 49 heavy (non-hydrogen) atoms. The highest BCUT2D eigenvalue weighted by Crippen LogP contribution is 2.41. The minimum atomic E-state index is -1.28. The van der Waals surface area contributed by atoms with Crippen LogP contribution in [0.15, 0.2) is 77.1 Å². The van der Waals surface area contributed by atoms with Gasteiger partial charge in [0.2, 0.25) is 0 Å². The molecule has 0 saturated heterocycles. The third-order valence-corrected chi connectivity index (χ3v) is 8.05. The molecule has 0 spiro atoms. The Hall–Kier alpha value is -5.32. The number of carbonyl (C=O) groups is 2. The maximum absolute atomic E-state index is 13.5. The number of rotatable bonds is 16. The van der Waals surface area contributed by atoms with E-state index >= 15 is 0 Å². The molecule has 3 unspecified atom stereocenters. The minimum absolute atomic E-state index is 0.0413. The number of methoxy groups -OCH3 is 1. The number of aliphatic imine (C=N–C) groups is 1. The van der Waals surface area contributed by atoms with Gasteiger partial charge in [0.15, 0.2) is 0 Å². The number of hydrogen-bond acceptors (Lipinski definition) is 11. The Bertz CT molecular complexity index is 1740. The second-order valence-corrected chi connectivity index (χ2v) is 12.0. The van der Waals surface area contributed by atoms with Crippen molar-refractivity contribution >= 4 is 23.3 Å². The zero-order chi connectivity index (χ0) is 35.5. The summed E-state index contributed by atoms with van der Waals surface area (Å²) in [5.41, 5.74) is 3.17. The number of allylic oxidation sites excluding steroid dienone is 1. The van der Waals surface area contributed by atoms with Crippen molar-refractivity contribution in [1.82, 2.24) is 10.3 Å². The van der Waals surface area contributed by atoms with E-state index in [0.29, 0.717) is 31.6 Å². The molecule has 13 nitrogen and oxygen atoms in total. The monoisotopic (exact) mass is 671 g/mol. The Morgan fingerprint density at radius 1 is 1.14 bits per heavy atom. The number of hydrogen-bond donors (Lipinski definition) is 3. The lowest BCUT2D eigenvalue weighted by Crippen LogP contribution is -2.36. The van der Waals surface area contributed by atoms with E-state index < -0.39 is 34.8 Å². The molecule has 0 saturated carbocycles. The molecule has 0 fully saturated rings. The van der Waals surface area contributed by atoms with Crippen LogP contribution in [0.25, 0.3) is 11.1 Å². The van der Waals surface area contributed by atoms with Crippen LogP contribution in [0.3, 0.4) is 0 Å². The summed E-state index contributed by atoms with van der Waals surface area (Å²) in [6, 6.07) is 17.5. The number of non-ortho nitro benzene ring substituents is 1. The van der Waals surface area contributed by atoms with Gasteiger partial charge in [-0.25, -0.2) is 9.79 Å². The van der Waals surface area contributed by atoms with Crippen LogP contribution in [0.4, 0.5) is 5.69 Å². The normalized spacial score (nSPS) is 16.5. The predicted molar refractivity (Wildman–Crippen MR) is 182 cm³/mol. The Labute approximate surface area is 284 Å². The SMILES string of the molecule is COC(=O)C1C(C#N)=NC(C)=C(C(=O)OCCCCc2cc(-c3ccc(OCC(O)CNC(C)C)cc3)c[nH]2)C1c1cccc([N+](=O)[O-])c1. The molecule has 4 rings (SSSR count). The van der Waals surface area contributed by atoms with E-state index in [9.17, 15) is 30.1 Å². The highest BCUT2D eigenvalue weighted by molar-refractivity contribution is 6.14. The van der Waals surface area contributed by atoms with Crippen molar-refractivity contribution in [2.75, 3.05) is 26.9 Å². The molecule has 258 valence electrons. The third kappa shape index (κ3) is 9.62. The molecule has 3 aromatic rings. The van der Waals surface area contributed by atoms with Crippen molar-refractivity contribution in [3.63, 3.8) is 0 Å². The molecule has 0 bridgehead atoms. The Morgan fingerprint density at radius 2 is 1.90 bits per heavy atom. The molecule has 1 aromatic heterocycles. The molecule has 0 aliphatic carbocycles. The Kier molecular flexibility index (Phi) is 12.8. The molecule has 13 heteroatoms. The summed E-state index contributed by atoms with van der Waals surface area (Å²) in [6.07, 6.45) is 3.29. The first-order valence-corrected chi connectivity index (χ1v) is 16.0. The van der Waals surface area contributed by atoms with Gasteiger partial charge in [-0.05, 0) is 61.1 Å². The summed E-state index contributed by atoms with van der Waals surface area (Å²) in [7, 11) is 1.16. The molecule has 1 aliphatic rings. The van der Waals surface area contributed by atoms with Crippen LogP contribution in [0, 0.1) is 27.4 Å². The lowest BCUT2D eigenvalue weighted by molar-refractivity contribution is -0.384. The highest BCUT2D eigenvalue weighted by atomic mass is 16.6.